The summed E-state index contributed by atoms with van der Waals surface area (Å²) in [7, 11) is 0. The summed E-state index contributed by atoms with van der Waals surface area (Å²) in [5, 5.41) is 11.6. The Morgan fingerprint density at radius 2 is 2.00 bits per heavy atom. The van der Waals surface area contributed by atoms with Crippen LogP contribution in [0, 0.1) is 5.92 Å². The van der Waals surface area contributed by atoms with Gasteiger partial charge in [0.2, 0.25) is 5.91 Å². The van der Waals surface area contributed by atoms with Gasteiger partial charge in [-0.1, -0.05) is 13.8 Å². The van der Waals surface area contributed by atoms with Gasteiger partial charge in [0.15, 0.2) is 0 Å². The van der Waals surface area contributed by atoms with Crippen LogP contribution < -0.4 is 11.1 Å². The number of aliphatic carboxylic acids is 1. The van der Waals surface area contributed by atoms with Crippen molar-refractivity contribution in [3.63, 3.8) is 0 Å². The second kappa shape index (κ2) is 4.82. The second-order valence-electron chi connectivity index (χ2n) is 4.97. The molecule has 0 aromatic rings. The van der Waals surface area contributed by atoms with E-state index >= 15 is 0 Å². The smallest absolute Gasteiger partial charge is 0.329 e. The summed E-state index contributed by atoms with van der Waals surface area (Å²) < 4.78 is 0. The van der Waals surface area contributed by atoms with Crippen molar-refractivity contribution >= 4 is 11.9 Å². The Hall–Kier alpha value is -1.10. The standard InChI is InChI=1S/C11H20N2O3/c1-7(2)6-8(12)9(14)13-11(10(15)16)4-3-5-11/h7-8H,3-6,12H2,1-2H3,(H,13,14)(H,15,16)/t8-/m0/s1. The Morgan fingerprint density at radius 3 is 2.31 bits per heavy atom. The minimum Gasteiger partial charge on any atom is -0.480 e. The lowest BCUT2D eigenvalue weighted by Gasteiger charge is -2.38. The van der Waals surface area contributed by atoms with Gasteiger partial charge in [-0.05, 0) is 31.6 Å². The first-order valence-corrected chi connectivity index (χ1v) is 5.68. The van der Waals surface area contributed by atoms with Gasteiger partial charge in [0.25, 0.3) is 0 Å². The Kier molecular flexibility index (Phi) is 3.91. The largest absolute Gasteiger partial charge is 0.480 e. The number of rotatable bonds is 5. The predicted molar refractivity (Wildman–Crippen MR) is 59.8 cm³/mol. The number of hydrogen-bond acceptors (Lipinski definition) is 3. The number of nitrogens with one attached hydrogen (secondary N) is 1. The lowest BCUT2D eigenvalue weighted by atomic mass is 9.76. The van der Waals surface area contributed by atoms with Gasteiger partial charge in [0, 0.05) is 0 Å². The Bertz CT molecular complexity index is 285. The molecule has 5 nitrogen and oxygen atoms in total. The Balaban J connectivity index is 2.53. The van der Waals surface area contributed by atoms with Crippen molar-refractivity contribution in [2.24, 2.45) is 11.7 Å². The van der Waals surface area contributed by atoms with E-state index in [4.69, 9.17) is 10.8 Å². The van der Waals surface area contributed by atoms with E-state index in [-0.39, 0.29) is 5.91 Å². The molecular weight excluding hydrogens is 208 g/mol. The monoisotopic (exact) mass is 228 g/mol. The lowest BCUT2D eigenvalue weighted by Crippen LogP contribution is -2.62. The van der Waals surface area contributed by atoms with E-state index < -0.39 is 17.6 Å². The van der Waals surface area contributed by atoms with Gasteiger partial charge in [0.1, 0.15) is 5.54 Å². The first-order chi connectivity index (χ1) is 7.37. The van der Waals surface area contributed by atoms with Crippen molar-refractivity contribution < 1.29 is 14.7 Å². The van der Waals surface area contributed by atoms with Crippen LogP contribution in [-0.4, -0.2) is 28.6 Å². The molecule has 0 aromatic carbocycles. The fourth-order valence-corrected chi connectivity index (χ4v) is 1.87. The molecule has 1 atom stereocenters. The van der Waals surface area contributed by atoms with Crippen LogP contribution in [0.5, 0.6) is 0 Å². The van der Waals surface area contributed by atoms with Crippen molar-refractivity contribution in [3.8, 4) is 0 Å². The minimum atomic E-state index is -1.05. The number of carbonyl (C=O) groups is 2. The number of carboxylic acid groups (broad SMARTS) is 1. The van der Waals surface area contributed by atoms with Gasteiger partial charge < -0.3 is 16.2 Å². The van der Waals surface area contributed by atoms with Crippen LogP contribution in [0.15, 0.2) is 0 Å². The highest BCUT2D eigenvalue weighted by atomic mass is 16.4. The SMILES string of the molecule is CC(C)C[C@H](N)C(=O)NC1(C(=O)O)CCC1. The molecule has 1 amide bonds. The molecule has 4 N–H and O–H groups in total. The van der Waals surface area contributed by atoms with Crippen LogP contribution in [0.3, 0.4) is 0 Å². The van der Waals surface area contributed by atoms with Crippen molar-refractivity contribution in [2.75, 3.05) is 0 Å². The maximum Gasteiger partial charge on any atom is 0.329 e. The summed E-state index contributed by atoms with van der Waals surface area (Å²) in [6.07, 6.45) is 2.42. The van der Waals surface area contributed by atoms with Crippen LogP contribution in [0.1, 0.15) is 39.5 Å². The maximum absolute atomic E-state index is 11.7. The number of carboxylic acids is 1. The molecule has 0 saturated heterocycles. The molecule has 0 heterocycles. The lowest BCUT2D eigenvalue weighted by molar-refractivity contribution is -0.152. The third kappa shape index (κ3) is 2.72. The molecule has 1 rings (SSSR count). The first kappa shape index (κ1) is 13.0. The van der Waals surface area contributed by atoms with Crippen molar-refractivity contribution in [3.05, 3.63) is 0 Å². The van der Waals surface area contributed by atoms with Gasteiger partial charge >= 0.3 is 5.97 Å². The minimum absolute atomic E-state index is 0.322. The summed E-state index contributed by atoms with van der Waals surface area (Å²) in [5.74, 6) is -0.984. The van der Waals surface area contributed by atoms with Crippen molar-refractivity contribution in [1.29, 1.82) is 0 Å². The maximum atomic E-state index is 11.7. The molecule has 0 unspecified atom stereocenters. The average Bonchev–Trinajstić information content (AvgIpc) is 2.08. The molecule has 5 heteroatoms. The van der Waals surface area contributed by atoms with E-state index in [0.717, 1.165) is 6.42 Å². The van der Waals surface area contributed by atoms with Gasteiger partial charge in [-0.25, -0.2) is 4.79 Å². The molecule has 0 bridgehead atoms. The highest BCUT2D eigenvalue weighted by Gasteiger charge is 2.46. The zero-order chi connectivity index (χ0) is 12.3. The Morgan fingerprint density at radius 1 is 1.44 bits per heavy atom. The number of carbonyl (C=O) groups excluding carboxylic acids is 1. The summed E-state index contributed by atoms with van der Waals surface area (Å²) in [6, 6.07) is -0.614. The van der Waals surface area contributed by atoms with Crippen LogP contribution in [0.25, 0.3) is 0 Å². The molecule has 1 fully saturated rings. The average molecular weight is 228 g/mol. The summed E-state index contributed by atoms with van der Waals surface area (Å²) in [4.78, 5) is 22.7. The molecule has 1 saturated carbocycles. The fourth-order valence-electron chi connectivity index (χ4n) is 1.87. The normalized spacial score (nSPS) is 20.0. The topological polar surface area (TPSA) is 92.4 Å². The molecule has 1 aliphatic rings. The molecule has 92 valence electrons. The summed E-state index contributed by atoms with van der Waals surface area (Å²) >= 11 is 0. The van der Waals surface area contributed by atoms with E-state index in [2.05, 4.69) is 5.32 Å². The van der Waals surface area contributed by atoms with Crippen LogP contribution in [-0.2, 0) is 9.59 Å². The molecule has 0 aliphatic heterocycles. The van der Waals surface area contributed by atoms with Gasteiger partial charge in [-0.3, -0.25) is 4.79 Å². The third-order valence-electron chi connectivity index (χ3n) is 3.04. The third-order valence-corrected chi connectivity index (χ3v) is 3.04. The fraction of sp³-hybridized carbons (Fsp3) is 0.818. The van der Waals surface area contributed by atoms with Crippen molar-refractivity contribution in [2.45, 2.75) is 51.1 Å². The number of amides is 1. The number of nitrogens with two attached hydrogens (primary N) is 1. The van der Waals surface area contributed by atoms with Crippen LogP contribution in [0.2, 0.25) is 0 Å². The molecule has 0 radical (unpaired) electrons. The molecular formula is C11H20N2O3. The van der Waals surface area contributed by atoms with Crippen LogP contribution >= 0.6 is 0 Å². The zero-order valence-electron chi connectivity index (χ0n) is 9.82. The molecule has 0 spiro atoms. The van der Waals surface area contributed by atoms with Gasteiger partial charge in [-0.2, -0.15) is 0 Å². The van der Waals surface area contributed by atoms with Crippen molar-refractivity contribution in [1.82, 2.24) is 5.32 Å². The zero-order valence-corrected chi connectivity index (χ0v) is 9.82. The van der Waals surface area contributed by atoms with Gasteiger partial charge in [-0.15, -0.1) is 0 Å². The second-order valence-corrected chi connectivity index (χ2v) is 4.97. The van der Waals surface area contributed by atoms with E-state index in [1.54, 1.807) is 0 Å². The quantitative estimate of drug-likeness (QED) is 0.638. The highest BCUT2D eigenvalue weighted by Crippen LogP contribution is 2.32. The highest BCUT2D eigenvalue weighted by molar-refractivity contribution is 5.90. The summed E-state index contributed by atoms with van der Waals surface area (Å²) in [5.41, 5.74) is 4.65. The molecule has 0 aromatic heterocycles. The molecule has 16 heavy (non-hydrogen) atoms. The predicted octanol–water partition coefficient (Wildman–Crippen LogP) is 0.483. The van der Waals surface area contributed by atoms with Crippen LogP contribution in [0.4, 0.5) is 0 Å². The molecule has 1 aliphatic carbocycles. The number of hydrogen-bond donors (Lipinski definition) is 3. The van der Waals surface area contributed by atoms with E-state index in [0.29, 0.717) is 25.2 Å². The van der Waals surface area contributed by atoms with E-state index in [1.165, 1.54) is 0 Å². The Labute approximate surface area is 95.4 Å². The first-order valence-electron chi connectivity index (χ1n) is 5.68. The van der Waals surface area contributed by atoms with E-state index in [1.807, 2.05) is 13.8 Å². The summed E-state index contributed by atoms with van der Waals surface area (Å²) in [6.45, 7) is 3.95. The van der Waals surface area contributed by atoms with E-state index in [9.17, 15) is 9.59 Å². The van der Waals surface area contributed by atoms with Gasteiger partial charge in [0.05, 0.1) is 6.04 Å².